The van der Waals surface area contributed by atoms with Gasteiger partial charge in [0.25, 0.3) is 0 Å². The van der Waals surface area contributed by atoms with Crippen molar-refractivity contribution in [2.24, 2.45) is 5.92 Å². The second kappa shape index (κ2) is 8.44. The fraction of sp³-hybridized carbons (Fsp3) is 0.286. The fourth-order valence-corrected chi connectivity index (χ4v) is 3.29. The van der Waals surface area contributed by atoms with Crippen LogP contribution in [-0.4, -0.2) is 29.2 Å². The average molecular weight is 398 g/mol. The van der Waals surface area contributed by atoms with Crippen LogP contribution in [-0.2, 0) is 17.6 Å². The number of carbonyl (C=O) groups excluding carboxylic acids is 1. The molecule has 1 aliphatic heterocycles. The van der Waals surface area contributed by atoms with Gasteiger partial charge in [0.05, 0.1) is 6.61 Å². The van der Waals surface area contributed by atoms with E-state index in [-0.39, 0.29) is 11.8 Å². The van der Waals surface area contributed by atoms with Crippen LogP contribution in [0.15, 0.2) is 53.1 Å². The number of hydrogen-bond acceptors (Lipinski definition) is 5. The van der Waals surface area contributed by atoms with Crippen molar-refractivity contribution in [3.63, 3.8) is 0 Å². The first-order valence-electron chi connectivity index (χ1n) is 9.23. The van der Waals surface area contributed by atoms with Gasteiger partial charge in [-0.3, -0.25) is 4.79 Å². The number of aryl methyl sites for hydroxylation is 1. The fourth-order valence-electron chi connectivity index (χ4n) is 3.16. The minimum absolute atomic E-state index is 0.0369. The number of ether oxygens (including phenoxy) is 1. The summed E-state index contributed by atoms with van der Waals surface area (Å²) >= 11 is 5.88. The minimum Gasteiger partial charge on any atom is -0.493 e. The van der Waals surface area contributed by atoms with Gasteiger partial charge in [-0.1, -0.05) is 35.0 Å². The van der Waals surface area contributed by atoms with Crippen LogP contribution in [0, 0.1) is 5.92 Å². The second-order valence-electron chi connectivity index (χ2n) is 6.81. The van der Waals surface area contributed by atoms with E-state index in [2.05, 4.69) is 21.5 Å². The number of nitrogens with one attached hydrogen (secondary N) is 1. The van der Waals surface area contributed by atoms with Crippen molar-refractivity contribution in [2.45, 2.75) is 19.3 Å². The van der Waals surface area contributed by atoms with E-state index in [1.807, 2.05) is 30.3 Å². The summed E-state index contributed by atoms with van der Waals surface area (Å²) in [6, 6.07) is 15.2. The number of para-hydroxylation sites is 1. The number of nitrogens with zero attached hydrogens (tertiary/aromatic N) is 2. The number of carbonyl (C=O) groups is 1. The maximum atomic E-state index is 12.2. The zero-order chi connectivity index (χ0) is 19.3. The standard InChI is InChI=1S/C21H20ClN3O3/c22-17-7-5-15(6-8-17)21-24-20(28-25-21)10-9-19(26)23-12-14-11-16-3-1-2-4-18(16)27-13-14/h1-8,14H,9-13H2,(H,23,26). The molecular formula is C21H20ClN3O3. The van der Waals surface area contributed by atoms with Crippen molar-refractivity contribution < 1.29 is 14.1 Å². The highest BCUT2D eigenvalue weighted by Gasteiger charge is 2.20. The summed E-state index contributed by atoms with van der Waals surface area (Å²) in [5, 5.41) is 7.58. The molecule has 144 valence electrons. The van der Waals surface area contributed by atoms with E-state index in [1.54, 1.807) is 12.1 Å². The SMILES string of the molecule is O=C(CCc1nc(-c2ccc(Cl)cc2)no1)NCC1COc2ccccc2C1. The number of rotatable bonds is 6. The topological polar surface area (TPSA) is 77.2 Å². The molecule has 1 unspecified atom stereocenters. The molecule has 1 aromatic heterocycles. The molecule has 3 aromatic rings. The Hall–Kier alpha value is -2.86. The van der Waals surface area contributed by atoms with Gasteiger partial charge in [0.2, 0.25) is 17.6 Å². The van der Waals surface area contributed by atoms with Crippen LogP contribution in [0.3, 0.4) is 0 Å². The van der Waals surface area contributed by atoms with Gasteiger partial charge < -0.3 is 14.6 Å². The molecule has 0 spiro atoms. The van der Waals surface area contributed by atoms with Crippen molar-refractivity contribution in [1.29, 1.82) is 0 Å². The quantitative estimate of drug-likeness (QED) is 0.686. The van der Waals surface area contributed by atoms with E-state index in [9.17, 15) is 4.79 Å². The predicted octanol–water partition coefficient (Wildman–Crippen LogP) is 3.69. The number of aromatic nitrogens is 2. The molecule has 0 fully saturated rings. The largest absolute Gasteiger partial charge is 0.493 e. The van der Waals surface area contributed by atoms with Gasteiger partial charge in [0, 0.05) is 35.9 Å². The number of halogens is 1. The van der Waals surface area contributed by atoms with Gasteiger partial charge in [0.1, 0.15) is 5.75 Å². The Labute approximate surface area is 167 Å². The number of benzene rings is 2. The maximum absolute atomic E-state index is 12.2. The normalized spacial score (nSPS) is 15.5. The van der Waals surface area contributed by atoms with E-state index in [4.69, 9.17) is 20.9 Å². The van der Waals surface area contributed by atoms with Gasteiger partial charge in [-0.15, -0.1) is 0 Å². The van der Waals surface area contributed by atoms with E-state index in [0.29, 0.717) is 42.7 Å². The highest BCUT2D eigenvalue weighted by molar-refractivity contribution is 6.30. The van der Waals surface area contributed by atoms with E-state index >= 15 is 0 Å². The summed E-state index contributed by atoms with van der Waals surface area (Å²) in [6.45, 7) is 1.21. The van der Waals surface area contributed by atoms with Crippen molar-refractivity contribution in [3.05, 3.63) is 65.0 Å². The molecule has 0 bridgehead atoms. The van der Waals surface area contributed by atoms with Crippen molar-refractivity contribution in [2.75, 3.05) is 13.2 Å². The summed E-state index contributed by atoms with van der Waals surface area (Å²) in [5.41, 5.74) is 2.01. The lowest BCUT2D eigenvalue weighted by Gasteiger charge is -2.25. The first kappa shape index (κ1) is 18.5. The summed E-state index contributed by atoms with van der Waals surface area (Å²) < 4.78 is 11.0. The second-order valence-corrected chi connectivity index (χ2v) is 7.25. The third-order valence-electron chi connectivity index (χ3n) is 4.68. The van der Waals surface area contributed by atoms with Crippen molar-refractivity contribution in [3.8, 4) is 17.1 Å². The molecule has 0 saturated heterocycles. The minimum atomic E-state index is -0.0369. The Bertz CT molecular complexity index is 956. The first-order valence-corrected chi connectivity index (χ1v) is 9.61. The highest BCUT2D eigenvalue weighted by Crippen LogP contribution is 2.26. The van der Waals surface area contributed by atoms with Gasteiger partial charge in [-0.05, 0) is 42.3 Å². The molecule has 28 heavy (non-hydrogen) atoms. The van der Waals surface area contributed by atoms with E-state index in [1.165, 1.54) is 5.56 Å². The molecule has 2 aromatic carbocycles. The van der Waals surface area contributed by atoms with Crippen molar-refractivity contribution in [1.82, 2.24) is 15.5 Å². The van der Waals surface area contributed by atoms with Crippen LogP contribution in [0.2, 0.25) is 5.02 Å². The molecular weight excluding hydrogens is 378 g/mol. The zero-order valence-electron chi connectivity index (χ0n) is 15.2. The lowest BCUT2D eigenvalue weighted by atomic mass is 9.97. The number of fused-ring (bicyclic) bond motifs is 1. The smallest absolute Gasteiger partial charge is 0.227 e. The first-order chi connectivity index (χ1) is 13.7. The monoisotopic (exact) mass is 397 g/mol. The van der Waals surface area contributed by atoms with Crippen LogP contribution in [0.5, 0.6) is 5.75 Å². The van der Waals surface area contributed by atoms with Crippen LogP contribution in [0.25, 0.3) is 11.4 Å². The van der Waals surface area contributed by atoms with E-state index < -0.39 is 0 Å². The Morgan fingerprint density at radius 1 is 1.18 bits per heavy atom. The van der Waals surface area contributed by atoms with Crippen LogP contribution in [0.4, 0.5) is 0 Å². The lowest BCUT2D eigenvalue weighted by Crippen LogP contribution is -2.34. The molecule has 0 radical (unpaired) electrons. The number of hydrogen-bond donors (Lipinski definition) is 1. The molecule has 1 aliphatic rings. The molecule has 7 heteroatoms. The summed E-state index contributed by atoms with van der Waals surface area (Å²) in [6.07, 6.45) is 1.60. The predicted molar refractivity (Wildman–Crippen MR) is 105 cm³/mol. The van der Waals surface area contributed by atoms with Gasteiger partial charge in [-0.2, -0.15) is 4.98 Å². The molecule has 0 saturated carbocycles. The van der Waals surface area contributed by atoms with Gasteiger partial charge >= 0.3 is 0 Å². The summed E-state index contributed by atoms with van der Waals surface area (Å²) in [4.78, 5) is 16.5. The number of amides is 1. The molecule has 1 atom stereocenters. The maximum Gasteiger partial charge on any atom is 0.227 e. The Kier molecular flexibility index (Phi) is 5.58. The Balaban J connectivity index is 1.24. The zero-order valence-corrected chi connectivity index (χ0v) is 16.0. The molecule has 1 amide bonds. The van der Waals surface area contributed by atoms with Gasteiger partial charge in [0.15, 0.2) is 0 Å². The Morgan fingerprint density at radius 3 is 2.86 bits per heavy atom. The molecule has 1 N–H and O–H groups in total. The van der Waals surface area contributed by atoms with Gasteiger partial charge in [-0.25, -0.2) is 0 Å². The summed E-state index contributed by atoms with van der Waals surface area (Å²) in [7, 11) is 0. The van der Waals surface area contributed by atoms with E-state index in [0.717, 1.165) is 17.7 Å². The summed E-state index contributed by atoms with van der Waals surface area (Å²) in [5.74, 6) is 2.11. The van der Waals surface area contributed by atoms with Crippen LogP contribution >= 0.6 is 11.6 Å². The molecule has 4 rings (SSSR count). The van der Waals surface area contributed by atoms with Crippen LogP contribution < -0.4 is 10.1 Å². The Morgan fingerprint density at radius 2 is 2.00 bits per heavy atom. The molecule has 0 aliphatic carbocycles. The third-order valence-corrected chi connectivity index (χ3v) is 4.93. The molecule has 6 nitrogen and oxygen atoms in total. The average Bonchev–Trinajstić information content (AvgIpc) is 3.20. The van der Waals surface area contributed by atoms with Crippen molar-refractivity contribution >= 4 is 17.5 Å². The third kappa shape index (κ3) is 4.51. The lowest BCUT2D eigenvalue weighted by molar-refractivity contribution is -0.121. The van der Waals surface area contributed by atoms with Crippen LogP contribution in [0.1, 0.15) is 17.9 Å². The molecule has 2 heterocycles. The highest BCUT2D eigenvalue weighted by atomic mass is 35.5.